The molecule has 1 fully saturated rings. The number of carbonyl (C=O) groups excluding carboxylic acids is 5. The Bertz CT molecular complexity index is 2950. The van der Waals surface area contributed by atoms with Crippen LogP contribution < -0.4 is 0 Å². The molecule has 4 aromatic carbocycles. The van der Waals surface area contributed by atoms with E-state index in [1.165, 1.54) is 0 Å². The van der Waals surface area contributed by atoms with Crippen LogP contribution in [-0.4, -0.2) is 162 Å². The monoisotopic (exact) mass is 970 g/mol. The molecule has 28 nitrogen and oxygen atoms in total. The first-order chi connectivity index (χ1) is 32.3. The van der Waals surface area contributed by atoms with Gasteiger partial charge in [-0.3, -0.25) is 0 Å². The average Bonchev–Trinajstić information content (AvgIpc) is 3.28. The van der Waals surface area contributed by atoms with Crippen LogP contribution in [0.5, 0.6) is 69.0 Å². The molecular formula is C41H30O28. The second kappa shape index (κ2) is 17.3. The largest absolute Gasteiger partial charge is 0.504 e. The maximum absolute atomic E-state index is 14.5. The summed E-state index contributed by atoms with van der Waals surface area (Å²) in [6.07, 6.45) is -15.5. The van der Waals surface area contributed by atoms with Gasteiger partial charge in [-0.05, 0) is 30.3 Å². The van der Waals surface area contributed by atoms with Crippen LogP contribution in [-0.2, 0) is 42.8 Å². The van der Waals surface area contributed by atoms with Crippen LogP contribution in [0.1, 0.15) is 52.9 Å². The number of rotatable bonds is 7. The maximum atomic E-state index is 14.5. The summed E-state index contributed by atoms with van der Waals surface area (Å²) in [4.78, 5) is 93.8. The quantitative estimate of drug-likeness (QED) is 0.0493. The number of esters is 5. The van der Waals surface area contributed by atoms with Crippen LogP contribution in [0.4, 0.5) is 0 Å². The van der Waals surface area contributed by atoms with Crippen molar-refractivity contribution in [3.63, 3.8) is 0 Å². The predicted octanol–water partition coefficient (Wildman–Crippen LogP) is -0.210. The van der Waals surface area contributed by atoms with Crippen molar-refractivity contribution in [2.45, 2.75) is 42.7 Å². The highest BCUT2D eigenvalue weighted by Crippen LogP contribution is 2.54. The molecule has 0 aliphatic carbocycles. The number of ether oxygens (including phenoxy) is 6. The maximum Gasteiger partial charge on any atom is 0.346 e. The fourth-order valence-corrected chi connectivity index (χ4v) is 7.49. The second-order valence-electron chi connectivity index (χ2n) is 14.8. The first-order valence-corrected chi connectivity index (χ1v) is 18.9. The Hall–Kier alpha value is -9.57. The smallest absolute Gasteiger partial charge is 0.346 e. The molecule has 1 unspecified atom stereocenters. The number of carboxylic acid groups (broad SMARTS) is 2. The van der Waals surface area contributed by atoms with Gasteiger partial charge in [0, 0.05) is 22.8 Å². The first kappa shape index (κ1) is 47.4. The standard InChI is InChI=1S/C41H30O28/c42-13-1-8(2-14(43)24(13)49)36(59)69-41-31(56)34-32(66-40(63)12(6-19(47)48)23-22-11(5-17(46)27(52)30(22)55)38(61)67-33(23)35(57)58)18(65-41)7-64-37(60)9-3-15(44)25(50)28(53)20(9)21-10(39(62)68-34)4-16(45)26(51)29(21)54/h1-6,18,23,31-34,41-46,49-56H,7H2,(H,47,48)(H,57,58)/b12-6-/t18-,23?,31-,32-,33+,34-,41+/m1/s1. The molecule has 15 N–H and O–H groups in total. The van der Waals surface area contributed by atoms with Gasteiger partial charge in [0.2, 0.25) is 29.6 Å². The van der Waals surface area contributed by atoms with E-state index >= 15 is 0 Å². The Labute approximate surface area is 379 Å². The predicted molar refractivity (Wildman–Crippen MR) is 209 cm³/mol. The lowest BCUT2D eigenvalue weighted by Gasteiger charge is -2.43. The lowest BCUT2D eigenvalue weighted by atomic mass is 9.80. The summed E-state index contributed by atoms with van der Waals surface area (Å²) >= 11 is 0. The van der Waals surface area contributed by atoms with Crippen molar-refractivity contribution < 1.29 is 139 Å². The minimum Gasteiger partial charge on any atom is -0.504 e. The van der Waals surface area contributed by atoms with Crippen molar-refractivity contribution in [1.82, 2.24) is 0 Å². The van der Waals surface area contributed by atoms with Gasteiger partial charge in [-0.15, -0.1) is 0 Å². The van der Waals surface area contributed by atoms with E-state index in [0.29, 0.717) is 30.3 Å². The van der Waals surface area contributed by atoms with Crippen molar-refractivity contribution in [1.29, 1.82) is 0 Å². The fraction of sp³-hybridized carbons (Fsp3) is 0.195. The van der Waals surface area contributed by atoms with E-state index in [1.54, 1.807) is 0 Å². The zero-order valence-electron chi connectivity index (χ0n) is 33.7. The Morgan fingerprint density at radius 1 is 0.594 bits per heavy atom. The topological polar surface area (TPSA) is 478 Å². The third kappa shape index (κ3) is 8.11. The zero-order chi connectivity index (χ0) is 50.8. The summed E-state index contributed by atoms with van der Waals surface area (Å²) in [7, 11) is 0. The highest BCUT2D eigenvalue weighted by atomic mass is 16.7. The Balaban J connectivity index is 1.41. The molecule has 3 heterocycles. The third-order valence-electron chi connectivity index (χ3n) is 10.7. The number of aliphatic carboxylic acids is 2. The number of carboxylic acids is 2. The molecular weight excluding hydrogens is 940 g/mol. The molecule has 0 saturated carbocycles. The molecule has 3 aliphatic rings. The lowest BCUT2D eigenvalue weighted by molar-refractivity contribution is -0.287. The van der Waals surface area contributed by atoms with E-state index in [4.69, 9.17) is 28.4 Å². The molecule has 69 heavy (non-hydrogen) atoms. The number of aliphatic hydroxyl groups excluding tert-OH is 1. The number of aliphatic hydroxyl groups is 1. The number of cyclic esters (lactones) is 2. The molecule has 3 aliphatic heterocycles. The average molecular weight is 971 g/mol. The number of phenolic OH excluding ortho intramolecular Hbond substituents is 12. The summed E-state index contributed by atoms with van der Waals surface area (Å²) in [6, 6.07) is 2.27. The van der Waals surface area contributed by atoms with Gasteiger partial charge >= 0.3 is 41.8 Å². The van der Waals surface area contributed by atoms with Gasteiger partial charge in [-0.2, -0.15) is 0 Å². The zero-order valence-corrected chi connectivity index (χ0v) is 33.7. The summed E-state index contributed by atoms with van der Waals surface area (Å²) in [6.45, 7) is -1.39. The molecule has 0 aromatic heterocycles. The minimum atomic E-state index is -2.71. The molecule has 0 amide bonds. The van der Waals surface area contributed by atoms with E-state index in [9.17, 15) is 110 Å². The molecule has 2 bridgehead atoms. The van der Waals surface area contributed by atoms with Crippen LogP contribution in [0.25, 0.3) is 11.1 Å². The number of hydrogen-bond acceptors (Lipinski definition) is 26. The van der Waals surface area contributed by atoms with Crippen LogP contribution in [0.3, 0.4) is 0 Å². The van der Waals surface area contributed by atoms with Crippen molar-refractivity contribution >= 4 is 41.8 Å². The Morgan fingerprint density at radius 2 is 1.09 bits per heavy atom. The van der Waals surface area contributed by atoms with Gasteiger partial charge in [0.25, 0.3) is 0 Å². The summed E-state index contributed by atoms with van der Waals surface area (Å²) in [5.74, 6) is -31.5. The lowest BCUT2D eigenvalue weighted by Crippen LogP contribution is -2.62. The SMILES string of the molecule is O=C(O)/C=C(\C(=O)O[C@H]1[C@@H]2OC(=O)c3cc(O)c(O)c(O)c3-c3c(cc(O)c(O)c3O)C(=O)OC[C@H]1O[C@@H](OC(=O)c1cc(O)c(O)c(O)c1)[C@@H]2O)C1c2c(cc(O)c(O)c2O)C(=O)O[C@@H]1C(=O)O. The summed E-state index contributed by atoms with van der Waals surface area (Å²) in [5, 5.41) is 157. The number of fused-ring (bicyclic) bond motifs is 6. The molecule has 362 valence electrons. The van der Waals surface area contributed by atoms with E-state index in [1.807, 2.05) is 0 Å². The molecule has 28 heteroatoms. The molecule has 1 saturated heterocycles. The van der Waals surface area contributed by atoms with Crippen LogP contribution in [0.2, 0.25) is 0 Å². The molecule has 0 spiro atoms. The van der Waals surface area contributed by atoms with Gasteiger partial charge < -0.3 is 105 Å². The van der Waals surface area contributed by atoms with Gasteiger partial charge in [-0.25, -0.2) is 33.6 Å². The van der Waals surface area contributed by atoms with Crippen LogP contribution in [0.15, 0.2) is 42.0 Å². The van der Waals surface area contributed by atoms with Crippen LogP contribution >= 0.6 is 0 Å². The minimum absolute atomic E-state index is 0.0453. The van der Waals surface area contributed by atoms with E-state index in [2.05, 4.69) is 0 Å². The molecule has 7 atom stereocenters. The Morgan fingerprint density at radius 3 is 1.62 bits per heavy atom. The van der Waals surface area contributed by atoms with Crippen molar-refractivity contribution in [2.24, 2.45) is 0 Å². The molecule has 4 aromatic rings. The third-order valence-corrected chi connectivity index (χ3v) is 10.7. The number of aromatic hydroxyl groups is 12. The number of benzene rings is 4. The number of hydrogen-bond donors (Lipinski definition) is 15. The normalized spacial score (nSPS) is 22.1. The summed E-state index contributed by atoms with van der Waals surface area (Å²) in [5.41, 5.74) is -8.70. The van der Waals surface area contributed by atoms with E-state index in [-0.39, 0.29) is 6.08 Å². The molecule has 0 radical (unpaired) electrons. The summed E-state index contributed by atoms with van der Waals surface area (Å²) < 4.78 is 32.0. The molecule has 7 rings (SSSR count). The fourth-order valence-electron chi connectivity index (χ4n) is 7.49. The van der Waals surface area contributed by atoms with Crippen molar-refractivity contribution in [3.8, 4) is 80.1 Å². The highest BCUT2D eigenvalue weighted by Gasteiger charge is 2.54. The van der Waals surface area contributed by atoms with Crippen LogP contribution in [0, 0.1) is 0 Å². The number of carbonyl (C=O) groups is 7. The van der Waals surface area contributed by atoms with Gasteiger partial charge in [0.15, 0.2) is 70.1 Å². The highest BCUT2D eigenvalue weighted by molar-refractivity contribution is 6.09. The van der Waals surface area contributed by atoms with Crippen molar-refractivity contribution in [3.05, 3.63) is 69.8 Å². The number of phenols is 12. The van der Waals surface area contributed by atoms with E-state index in [0.717, 1.165) is 0 Å². The van der Waals surface area contributed by atoms with Gasteiger partial charge in [0.1, 0.15) is 12.7 Å². The van der Waals surface area contributed by atoms with Crippen molar-refractivity contribution in [2.75, 3.05) is 6.61 Å². The van der Waals surface area contributed by atoms with Gasteiger partial charge in [-0.1, -0.05) is 0 Å². The first-order valence-electron chi connectivity index (χ1n) is 18.9. The van der Waals surface area contributed by atoms with E-state index < -0.39 is 205 Å². The Kier molecular flexibility index (Phi) is 11.9. The van der Waals surface area contributed by atoms with Gasteiger partial charge in [0.05, 0.1) is 33.7 Å². The second-order valence-corrected chi connectivity index (χ2v) is 14.8.